The van der Waals surface area contributed by atoms with Crippen molar-refractivity contribution in [2.45, 2.75) is 4.90 Å². The van der Waals surface area contributed by atoms with Gasteiger partial charge in [0.05, 0.1) is 10.6 Å². The Balaban J connectivity index is 1.53. The highest BCUT2D eigenvalue weighted by atomic mass is 79.9. The molecule has 0 saturated carbocycles. The molecule has 1 N–H and O–H groups in total. The Morgan fingerprint density at radius 1 is 0.857 bits per heavy atom. The molecule has 140 valence electrons. The fourth-order valence-corrected chi connectivity index (χ4v) is 4.73. The Labute approximate surface area is 175 Å². The summed E-state index contributed by atoms with van der Waals surface area (Å²) < 4.78 is 28.4. The van der Waals surface area contributed by atoms with E-state index in [0.717, 1.165) is 26.3 Å². The average Bonchev–Trinajstić information content (AvgIpc) is 3.19. The molecular formula is C20H14BrN3O2S2. The van der Waals surface area contributed by atoms with Gasteiger partial charge in [0.2, 0.25) is 0 Å². The molecule has 0 aliphatic rings. The minimum absolute atomic E-state index is 0.210. The molecule has 0 aliphatic heterocycles. The molecule has 2 aromatic heterocycles. The summed E-state index contributed by atoms with van der Waals surface area (Å²) in [6.45, 7) is 0. The van der Waals surface area contributed by atoms with Gasteiger partial charge in [-0.05, 0) is 48.5 Å². The lowest BCUT2D eigenvalue weighted by Crippen LogP contribution is -2.12. The Bertz CT molecular complexity index is 1190. The Kier molecular flexibility index (Phi) is 5.25. The zero-order valence-corrected chi connectivity index (χ0v) is 17.6. The molecule has 0 fully saturated rings. The summed E-state index contributed by atoms with van der Waals surface area (Å²) in [5.74, 6) is 0. The van der Waals surface area contributed by atoms with E-state index in [0.29, 0.717) is 5.69 Å². The summed E-state index contributed by atoms with van der Waals surface area (Å²) in [6.07, 6.45) is 3.48. The Hall–Kier alpha value is -2.55. The number of halogens is 1. The van der Waals surface area contributed by atoms with Crippen LogP contribution in [0.2, 0.25) is 0 Å². The first kappa shape index (κ1) is 18.8. The van der Waals surface area contributed by atoms with Gasteiger partial charge >= 0.3 is 0 Å². The number of anilines is 1. The predicted molar refractivity (Wildman–Crippen MR) is 116 cm³/mol. The van der Waals surface area contributed by atoms with E-state index in [9.17, 15) is 8.42 Å². The number of pyridine rings is 1. The van der Waals surface area contributed by atoms with Crippen LogP contribution in [0, 0.1) is 0 Å². The smallest absolute Gasteiger partial charge is 0.261 e. The third kappa shape index (κ3) is 4.14. The molecule has 8 heteroatoms. The fourth-order valence-electron chi connectivity index (χ4n) is 2.57. The van der Waals surface area contributed by atoms with E-state index in [-0.39, 0.29) is 4.90 Å². The SMILES string of the molecule is O=S(=O)(Nc1ccc(-c2csc(-c3ccncc3)n2)cc1)c1ccc(Br)cc1. The standard InChI is InChI=1S/C20H14BrN3O2S2/c21-16-3-7-18(8-4-16)28(25,26)24-17-5-1-14(2-6-17)19-13-27-20(23-19)15-9-11-22-12-10-15/h1-13,24H. The van der Waals surface area contributed by atoms with Crippen molar-refractivity contribution < 1.29 is 8.42 Å². The Morgan fingerprint density at radius 2 is 1.54 bits per heavy atom. The van der Waals surface area contributed by atoms with Crippen molar-refractivity contribution in [3.05, 3.63) is 82.9 Å². The second-order valence-corrected chi connectivity index (χ2v) is 9.37. The van der Waals surface area contributed by atoms with Crippen LogP contribution in [-0.4, -0.2) is 18.4 Å². The maximum Gasteiger partial charge on any atom is 0.261 e. The lowest BCUT2D eigenvalue weighted by molar-refractivity contribution is 0.601. The number of sulfonamides is 1. The zero-order valence-electron chi connectivity index (χ0n) is 14.4. The van der Waals surface area contributed by atoms with Crippen molar-refractivity contribution in [3.8, 4) is 21.8 Å². The lowest BCUT2D eigenvalue weighted by Gasteiger charge is -2.08. The minimum atomic E-state index is -3.63. The minimum Gasteiger partial charge on any atom is -0.280 e. The van der Waals surface area contributed by atoms with Crippen LogP contribution in [0.4, 0.5) is 5.69 Å². The molecule has 2 heterocycles. The fraction of sp³-hybridized carbons (Fsp3) is 0. The van der Waals surface area contributed by atoms with Gasteiger partial charge in [-0.25, -0.2) is 13.4 Å². The molecule has 0 amide bonds. The highest BCUT2D eigenvalue weighted by Gasteiger charge is 2.14. The van der Waals surface area contributed by atoms with Gasteiger partial charge in [-0.15, -0.1) is 11.3 Å². The maximum atomic E-state index is 12.5. The normalized spacial score (nSPS) is 11.3. The summed E-state index contributed by atoms with van der Waals surface area (Å²) in [5, 5.41) is 2.90. The van der Waals surface area contributed by atoms with Crippen molar-refractivity contribution in [2.24, 2.45) is 0 Å². The summed E-state index contributed by atoms with van der Waals surface area (Å²) in [6, 6.07) is 17.5. The highest BCUT2D eigenvalue weighted by molar-refractivity contribution is 9.10. The first-order valence-electron chi connectivity index (χ1n) is 8.26. The molecule has 0 spiro atoms. The van der Waals surface area contributed by atoms with Gasteiger partial charge in [-0.3, -0.25) is 9.71 Å². The molecule has 0 atom stereocenters. The second kappa shape index (κ2) is 7.83. The van der Waals surface area contributed by atoms with E-state index < -0.39 is 10.0 Å². The summed E-state index contributed by atoms with van der Waals surface area (Å²) in [5.41, 5.74) is 3.28. The van der Waals surface area contributed by atoms with Gasteiger partial charge in [-0.1, -0.05) is 28.1 Å². The number of hydrogen-bond acceptors (Lipinski definition) is 5. The molecular weight excluding hydrogens is 458 g/mol. The largest absolute Gasteiger partial charge is 0.280 e. The van der Waals surface area contributed by atoms with Gasteiger partial charge < -0.3 is 0 Å². The van der Waals surface area contributed by atoms with E-state index >= 15 is 0 Å². The number of nitrogens with one attached hydrogen (secondary N) is 1. The summed E-state index contributed by atoms with van der Waals surface area (Å²) >= 11 is 4.86. The second-order valence-electron chi connectivity index (χ2n) is 5.91. The quantitative estimate of drug-likeness (QED) is 0.420. The van der Waals surface area contributed by atoms with Crippen LogP contribution in [0.25, 0.3) is 21.8 Å². The third-order valence-electron chi connectivity index (χ3n) is 3.99. The monoisotopic (exact) mass is 471 g/mol. The summed E-state index contributed by atoms with van der Waals surface area (Å²) in [7, 11) is -3.63. The van der Waals surface area contributed by atoms with E-state index in [1.165, 1.54) is 0 Å². The number of thiazole rings is 1. The molecule has 0 bridgehead atoms. The third-order valence-corrected chi connectivity index (χ3v) is 6.81. The lowest BCUT2D eigenvalue weighted by atomic mass is 10.1. The van der Waals surface area contributed by atoms with E-state index in [4.69, 9.17) is 0 Å². The van der Waals surface area contributed by atoms with Crippen LogP contribution in [0.1, 0.15) is 0 Å². The Morgan fingerprint density at radius 3 is 2.21 bits per heavy atom. The number of benzene rings is 2. The van der Waals surface area contributed by atoms with Crippen molar-refractivity contribution in [3.63, 3.8) is 0 Å². The van der Waals surface area contributed by atoms with Crippen LogP contribution in [0.3, 0.4) is 0 Å². The zero-order chi connectivity index (χ0) is 19.6. The van der Waals surface area contributed by atoms with Gasteiger partial charge in [-0.2, -0.15) is 0 Å². The number of aromatic nitrogens is 2. The molecule has 0 unspecified atom stereocenters. The van der Waals surface area contributed by atoms with Crippen LogP contribution < -0.4 is 4.72 Å². The van der Waals surface area contributed by atoms with E-state index in [1.54, 1.807) is 60.1 Å². The number of hydrogen-bond donors (Lipinski definition) is 1. The van der Waals surface area contributed by atoms with Gasteiger partial charge in [0.15, 0.2) is 0 Å². The van der Waals surface area contributed by atoms with Crippen LogP contribution in [0.15, 0.2) is 87.8 Å². The molecule has 0 saturated heterocycles. The van der Waals surface area contributed by atoms with Crippen molar-refractivity contribution in [1.82, 2.24) is 9.97 Å². The maximum absolute atomic E-state index is 12.5. The highest BCUT2D eigenvalue weighted by Crippen LogP contribution is 2.29. The van der Waals surface area contributed by atoms with Gasteiger partial charge in [0.1, 0.15) is 5.01 Å². The first-order chi connectivity index (χ1) is 13.5. The molecule has 4 rings (SSSR count). The number of nitrogens with zero attached hydrogens (tertiary/aromatic N) is 2. The van der Waals surface area contributed by atoms with Crippen molar-refractivity contribution in [2.75, 3.05) is 4.72 Å². The van der Waals surface area contributed by atoms with Crippen molar-refractivity contribution >= 4 is 43.0 Å². The topological polar surface area (TPSA) is 72.0 Å². The van der Waals surface area contributed by atoms with Gasteiger partial charge in [0, 0.05) is 39.1 Å². The molecule has 28 heavy (non-hydrogen) atoms. The van der Waals surface area contributed by atoms with Gasteiger partial charge in [0.25, 0.3) is 10.0 Å². The van der Waals surface area contributed by atoms with Crippen LogP contribution in [0.5, 0.6) is 0 Å². The van der Waals surface area contributed by atoms with Crippen LogP contribution >= 0.6 is 27.3 Å². The first-order valence-corrected chi connectivity index (χ1v) is 11.4. The molecule has 4 aromatic rings. The van der Waals surface area contributed by atoms with Crippen molar-refractivity contribution in [1.29, 1.82) is 0 Å². The molecule has 2 aromatic carbocycles. The molecule has 0 radical (unpaired) electrons. The van der Waals surface area contributed by atoms with E-state index in [1.807, 2.05) is 29.6 Å². The van der Waals surface area contributed by atoms with Crippen LogP contribution in [-0.2, 0) is 10.0 Å². The average molecular weight is 472 g/mol. The molecule has 5 nitrogen and oxygen atoms in total. The number of rotatable bonds is 5. The predicted octanol–water partition coefficient (Wildman–Crippen LogP) is 5.44. The molecule has 0 aliphatic carbocycles. The van der Waals surface area contributed by atoms with E-state index in [2.05, 4.69) is 30.6 Å². The summed E-state index contributed by atoms with van der Waals surface area (Å²) in [4.78, 5) is 8.89.